The normalized spacial score (nSPS) is 29.6. The third-order valence-corrected chi connectivity index (χ3v) is 3.92. The molecule has 0 heterocycles. The molecule has 0 saturated heterocycles. The quantitative estimate of drug-likeness (QED) is 0.723. The predicted octanol–water partition coefficient (Wildman–Crippen LogP) is 3.46. The average Bonchev–Trinajstić information content (AvgIpc) is 2.28. The number of carboxylic acids is 1. The first-order valence-corrected chi connectivity index (χ1v) is 6.31. The standard InChI is InChI=1S/C14H22O2/c1-3-5-6-12-7-10-14(9-4-2,11-8-12)13(15)16/h2,12H,3,5-11H2,1H3,(H,15,16). The first-order chi connectivity index (χ1) is 7.64. The summed E-state index contributed by atoms with van der Waals surface area (Å²) in [6.45, 7) is 2.20. The van der Waals surface area contributed by atoms with Crippen molar-refractivity contribution in [2.75, 3.05) is 0 Å². The van der Waals surface area contributed by atoms with E-state index in [1.807, 2.05) is 0 Å². The van der Waals surface area contributed by atoms with Gasteiger partial charge < -0.3 is 5.11 Å². The van der Waals surface area contributed by atoms with E-state index < -0.39 is 11.4 Å². The molecule has 0 aliphatic heterocycles. The van der Waals surface area contributed by atoms with Gasteiger partial charge in [-0.25, -0.2) is 0 Å². The molecule has 0 atom stereocenters. The van der Waals surface area contributed by atoms with Crippen molar-refractivity contribution in [3.05, 3.63) is 0 Å². The lowest BCUT2D eigenvalue weighted by Crippen LogP contribution is -2.35. The minimum atomic E-state index is -0.695. The summed E-state index contributed by atoms with van der Waals surface area (Å²) in [5.74, 6) is 2.57. The van der Waals surface area contributed by atoms with Gasteiger partial charge in [0.2, 0.25) is 0 Å². The molecule has 0 amide bonds. The summed E-state index contributed by atoms with van der Waals surface area (Å²) in [4.78, 5) is 11.3. The minimum absolute atomic E-state index is 0.392. The molecule has 0 radical (unpaired) electrons. The van der Waals surface area contributed by atoms with Crippen LogP contribution in [-0.4, -0.2) is 11.1 Å². The molecule has 0 unspecified atom stereocenters. The summed E-state index contributed by atoms with van der Waals surface area (Å²) in [5.41, 5.74) is -0.614. The molecule has 1 N–H and O–H groups in total. The van der Waals surface area contributed by atoms with Gasteiger partial charge in [-0.05, 0) is 31.6 Å². The summed E-state index contributed by atoms with van der Waals surface area (Å²) >= 11 is 0. The highest BCUT2D eigenvalue weighted by Gasteiger charge is 2.40. The molecule has 16 heavy (non-hydrogen) atoms. The summed E-state index contributed by atoms with van der Waals surface area (Å²) in [7, 11) is 0. The number of hydrogen-bond donors (Lipinski definition) is 1. The molecule has 1 saturated carbocycles. The van der Waals surface area contributed by atoms with Gasteiger partial charge in [-0.1, -0.05) is 26.2 Å². The largest absolute Gasteiger partial charge is 0.481 e. The predicted molar refractivity (Wildman–Crippen MR) is 65.0 cm³/mol. The number of unbranched alkanes of at least 4 members (excludes halogenated alkanes) is 1. The summed E-state index contributed by atoms with van der Waals surface area (Å²) in [6.07, 6.45) is 13.0. The van der Waals surface area contributed by atoms with Gasteiger partial charge in [0, 0.05) is 6.42 Å². The van der Waals surface area contributed by atoms with Crippen molar-refractivity contribution in [3.63, 3.8) is 0 Å². The summed E-state index contributed by atoms with van der Waals surface area (Å²) in [6, 6.07) is 0. The highest BCUT2D eigenvalue weighted by Crippen LogP contribution is 2.43. The van der Waals surface area contributed by atoms with Crippen LogP contribution in [0.1, 0.15) is 58.3 Å². The van der Waals surface area contributed by atoms with E-state index in [9.17, 15) is 9.90 Å². The molecule has 0 aromatic carbocycles. The molecular formula is C14H22O2. The van der Waals surface area contributed by atoms with Gasteiger partial charge in [0.25, 0.3) is 0 Å². The third kappa shape index (κ3) is 3.01. The molecule has 0 spiro atoms. The zero-order valence-corrected chi connectivity index (χ0v) is 10.2. The van der Waals surface area contributed by atoms with Crippen molar-refractivity contribution in [1.82, 2.24) is 0 Å². The van der Waals surface area contributed by atoms with Crippen molar-refractivity contribution >= 4 is 5.97 Å². The van der Waals surface area contributed by atoms with Gasteiger partial charge >= 0.3 is 5.97 Å². The van der Waals surface area contributed by atoms with E-state index in [4.69, 9.17) is 6.42 Å². The van der Waals surface area contributed by atoms with E-state index in [0.717, 1.165) is 31.6 Å². The Morgan fingerprint density at radius 3 is 2.56 bits per heavy atom. The van der Waals surface area contributed by atoms with Crippen LogP contribution in [0.3, 0.4) is 0 Å². The monoisotopic (exact) mass is 222 g/mol. The molecule has 1 aliphatic rings. The van der Waals surface area contributed by atoms with E-state index >= 15 is 0 Å². The molecule has 2 heteroatoms. The molecule has 1 aliphatic carbocycles. The van der Waals surface area contributed by atoms with Crippen molar-refractivity contribution in [3.8, 4) is 12.3 Å². The molecule has 1 fully saturated rings. The van der Waals surface area contributed by atoms with E-state index in [-0.39, 0.29) is 0 Å². The van der Waals surface area contributed by atoms with E-state index in [1.165, 1.54) is 19.3 Å². The number of carbonyl (C=O) groups is 1. The van der Waals surface area contributed by atoms with Gasteiger partial charge in [0.1, 0.15) is 0 Å². The lowest BCUT2D eigenvalue weighted by atomic mass is 9.68. The van der Waals surface area contributed by atoms with Gasteiger partial charge in [0.05, 0.1) is 5.41 Å². The van der Waals surface area contributed by atoms with Crippen LogP contribution in [0, 0.1) is 23.7 Å². The second-order valence-corrected chi connectivity index (χ2v) is 5.05. The average molecular weight is 222 g/mol. The Kier molecular flexibility index (Phi) is 4.86. The number of rotatable bonds is 5. The Balaban J connectivity index is 2.50. The van der Waals surface area contributed by atoms with Crippen molar-refractivity contribution in [1.29, 1.82) is 0 Å². The van der Waals surface area contributed by atoms with Gasteiger partial charge in [0.15, 0.2) is 0 Å². The van der Waals surface area contributed by atoms with E-state index in [0.29, 0.717) is 6.42 Å². The van der Waals surface area contributed by atoms with E-state index in [2.05, 4.69) is 12.8 Å². The maximum Gasteiger partial charge on any atom is 0.310 e. The lowest BCUT2D eigenvalue weighted by Gasteiger charge is -2.35. The molecular weight excluding hydrogens is 200 g/mol. The molecule has 1 rings (SSSR count). The topological polar surface area (TPSA) is 37.3 Å². The molecule has 0 aromatic rings. The molecule has 90 valence electrons. The van der Waals surface area contributed by atoms with Crippen LogP contribution in [0.4, 0.5) is 0 Å². The highest BCUT2D eigenvalue weighted by atomic mass is 16.4. The van der Waals surface area contributed by atoms with Crippen molar-refractivity contribution < 1.29 is 9.90 Å². The second kappa shape index (κ2) is 5.94. The van der Waals surface area contributed by atoms with Crippen LogP contribution in [-0.2, 0) is 4.79 Å². The van der Waals surface area contributed by atoms with Crippen molar-refractivity contribution in [2.45, 2.75) is 58.3 Å². The first kappa shape index (κ1) is 13.1. The van der Waals surface area contributed by atoms with Crippen LogP contribution in [0.25, 0.3) is 0 Å². The van der Waals surface area contributed by atoms with Crippen molar-refractivity contribution in [2.24, 2.45) is 11.3 Å². The fourth-order valence-corrected chi connectivity index (χ4v) is 2.67. The summed E-state index contributed by atoms with van der Waals surface area (Å²) < 4.78 is 0. The van der Waals surface area contributed by atoms with Crippen LogP contribution in [0.5, 0.6) is 0 Å². The SMILES string of the molecule is C#CCC1(C(=O)O)CCC(CCCC)CC1. The zero-order chi connectivity index (χ0) is 12.0. The molecule has 0 aromatic heterocycles. The smallest absolute Gasteiger partial charge is 0.310 e. The van der Waals surface area contributed by atoms with Gasteiger partial charge in [-0.15, -0.1) is 12.3 Å². The van der Waals surface area contributed by atoms with Crippen LogP contribution >= 0.6 is 0 Å². The number of hydrogen-bond acceptors (Lipinski definition) is 1. The highest BCUT2D eigenvalue weighted by molar-refractivity contribution is 5.75. The van der Waals surface area contributed by atoms with Gasteiger partial charge in [-0.3, -0.25) is 4.79 Å². The maximum absolute atomic E-state index is 11.3. The van der Waals surface area contributed by atoms with Crippen LogP contribution < -0.4 is 0 Å². The number of terminal acetylenes is 1. The minimum Gasteiger partial charge on any atom is -0.481 e. The fraction of sp³-hybridized carbons (Fsp3) is 0.786. The number of carboxylic acid groups (broad SMARTS) is 1. The fourth-order valence-electron chi connectivity index (χ4n) is 2.67. The number of aliphatic carboxylic acids is 1. The Morgan fingerprint density at radius 1 is 1.50 bits per heavy atom. The third-order valence-electron chi connectivity index (χ3n) is 3.92. The first-order valence-electron chi connectivity index (χ1n) is 6.31. The maximum atomic E-state index is 11.3. The van der Waals surface area contributed by atoms with Crippen LogP contribution in [0.15, 0.2) is 0 Å². The van der Waals surface area contributed by atoms with Crippen LogP contribution in [0.2, 0.25) is 0 Å². The lowest BCUT2D eigenvalue weighted by molar-refractivity contribution is -0.151. The Hall–Kier alpha value is -0.970. The Bertz CT molecular complexity index is 267. The summed E-state index contributed by atoms with van der Waals surface area (Å²) in [5, 5.41) is 9.29. The zero-order valence-electron chi connectivity index (χ0n) is 10.2. The molecule has 0 bridgehead atoms. The Labute approximate surface area is 98.4 Å². The molecule has 2 nitrogen and oxygen atoms in total. The second-order valence-electron chi connectivity index (χ2n) is 5.05. The Morgan fingerprint density at radius 2 is 2.12 bits per heavy atom. The van der Waals surface area contributed by atoms with E-state index in [1.54, 1.807) is 0 Å². The van der Waals surface area contributed by atoms with Gasteiger partial charge in [-0.2, -0.15) is 0 Å².